The van der Waals surface area contributed by atoms with E-state index in [9.17, 15) is 0 Å². The van der Waals surface area contributed by atoms with Crippen LogP contribution in [0.4, 0.5) is 0 Å². The van der Waals surface area contributed by atoms with E-state index in [1.807, 2.05) is 24.3 Å². The summed E-state index contributed by atoms with van der Waals surface area (Å²) < 4.78 is 0. The highest BCUT2D eigenvalue weighted by molar-refractivity contribution is 6.30. The predicted molar refractivity (Wildman–Crippen MR) is 65.7 cm³/mol. The third kappa shape index (κ3) is 4.47. The fourth-order valence-corrected chi connectivity index (χ4v) is 1.57. The Kier molecular flexibility index (Phi) is 4.82. The molecule has 1 unspecified atom stereocenters. The number of nitrogens with two attached hydrogens (primary N) is 1. The maximum atomic E-state index is 5.81. The second-order valence-electron chi connectivity index (χ2n) is 3.85. The zero-order valence-electron chi connectivity index (χ0n) is 9.13. The fourth-order valence-electron chi connectivity index (χ4n) is 1.44. The van der Waals surface area contributed by atoms with Gasteiger partial charge >= 0.3 is 0 Å². The number of benzene rings is 1. The molecular weight excluding hydrogens is 208 g/mol. The average molecular weight is 225 g/mol. The molecule has 0 spiro atoms. The quantitative estimate of drug-likeness (QED) is 0.469. The number of halogens is 1. The van der Waals surface area contributed by atoms with Gasteiger partial charge < -0.3 is 0 Å². The summed E-state index contributed by atoms with van der Waals surface area (Å²) in [5.74, 6) is 5.48. The molecule has 0 fully saturated rings. The van der Waals surface area contributed by atoms with E-state index >= 15 is 0 Å². The molecular formula is C12H17ClN2. The molecule has 1 aromatic carbocycles. The van der Waals surface area contributed by atoms with Crippen LogP contribution in [-0.2, 0) is 6.42 Å². The molecule has 2 nitrogen and oxygen atoms in total. The second-order valence-corrected chi connectivity index (χ2v) is 4.28. The van der Waals surface area contributed by atoms with E-state index < -0.39 is 0 Å². The van der Waals surface area contributed by atoms with Crippen LogP contribution in [0.2, 0.25) is 5.02 Å². The first-order chi connectivity index (χ1) is 7.11. The minimum atomic E-state index is 0.177. The van der Waals surface area contributed by atoms with Crippen molar-refractivity contribution in [1.29, 1.82) is 0 Å². The van der Waals surface area contributed by atoms with Crippen molar-refractivity contribution in [2.45, 2.75) is 26.3 Å². The highest BCUT2D eigenvalue weighted by Gasteiger charge is 2.03. The number of hydrogen-bond donors (Lipinski definition) is 2. The summed E-state index contributed by atoms with van der Waals surface area (Å²) in [6.45, 7) is 4.12. The summed E-state index contributed by atoms with van der Waals surface area (Å²) in [4.78, 5) is 0. The molecule has 3 N–H and O–H groups in total. The van der Waals surface area contributed by atoms with Crippen LogP contribution in [0.25, 0.3) is 0 Å². The Morgan fingerprint density at radius 3 is 2.47 bits per heavy atom. The number of nitrogens with one attached hydrogen (secondary N) is 1. The lowest BCUT2D eigenvalue weighted by Gasteiger charge is -2.12. The van der Waals surface area contributed by atoms with E-state index in [0.29, 0.717) is 0 Å². The van der Waals surface area contributed by atoms with Crippen molar-refractivity contribution in [1.82, 2.24) is 5.43 Å². The van der Waals surface area contributed by atoms with Gasteiger partial charge in [-0.15, -0.1) is 0 Å². The van der Waals surface area contributed by atoms with Crippen molar-refractivity contribution in [3.05, 3.63) is 46.5 Å². The Balaban J connectivity index is 2.67. The molecule has 0 aliphatic carbocycles. The maximum absolute atomic E-state index is 5.81. The first-order valence-corrected chi connectivity index (χ1v) is 5.35. The van der Waals surface area contributed by atoms with Gasteiger partial charge in [0.2, 0.25) is 0 Å². The van der Waals surface area contributed by atoms with Crippen molar-refractivity contribution in [2.24, 2.45) is 5.84 Å². The molecule has 0 saturated carbocycles. The SMILES string of the molecule is CC(C)=CC(Cc1ccc(Cl)cc1)NN. The predicted octanol–water partition coefficient (Wildman–Crippen LogP) is 2.68. The van der Waals surface area contributed by atoms with Crippen LogP contribution in [-0.4, -0.2) is 6.04 Å². The van der Waals surface area contributed by atoms with E-state index in [1.165, 1.54) is 11.1 Å². The van der Waals surface area contributed by atoms with Gasteiger partial charge in [0.25, 0.3) is 0 Å². The molecule has 0 bridgehead atoms. The van der Waals surface area contributed by atoms with Gasteiger partial charge in [-0.05, 0) is 38.0 Å². The molecule has 1 rings (SSSR count). The summed E-state index contributed by atoms with van der Waals surface area (Å²) in [5, 5.41) is 0.762. The summed E-state index contributed by atoms with van der Waals surface area (Å²) in [6.07, 6.45) is 2.99. The standard InChI is InChI=1S/C12H17ClN2/c1-9(2)7-12(15-14)8-10-3-5-11(13)6-4-10/h3-7,12,15H,8,14H2,1-2H3. The Bertz CT molecular complexity index is 326. The van der Waals surface area contributed by atoms with E-state index in [4.69, 9.17) is 17.4 Å². The Morgan fingerprint density at radius 2 is 2.00 bits per heavy atom. The van der Waals surface area contributed by atoms with Crippen LogP contribution in [0.5, 0.6) is 0 Å². The van der Waals surface area contributed by atoms with Crippen molar-refractivity contribution in [3.8, 4) is 0 Å². The first-order valence-electron chi connectivity index (χ1n) is 4.97. The molecule has 15 heavy (non-hydrogen) atoms. The third-order valence-corrected chi connectivity index (χ3v) is 2.37. The molecule has 0 aliphatic rings. The minimum absolute atomic E-state index is 0.177. The first kappa shape index (κ1) is 12.2. The van der Waals surface area contributed by atoms with Crippen LogP contribution in [0, 0.1) is 0 Å². The largest absolute Gasteiger partial charge is 0.271 e. The van der Waals surface area contributed by atoms with Crippen LogP contribution in [0.1, 0.15) is 19.4 Å². The van der Waals surface area contributed by atoms with Crippen LogP contribution in [0.15, 0.2) is 35.9 Å². The number of allylic oxidation sites excluding steroid dienone is 1. The number of hydrogen-bond acceptors (Lipinski definition) is 2. The van der Waals surface area contributed by atoms with Gasteiger partial charge in [0.15, 0.2) is 0 Å². The van der Waals surface area contributed by atoms with Gasteiger partial charge in [-0.1, -0.05) is 35.4 Å². The van der Waals surface area contributed by atoms with Crippen molar-refractivity contribution in [3.63, 3.8) is 0 Å². The molecule has 0 saturated heterocycles. The maximum Gasteiger partial charge on any atom is 0.0433 e. The van der Waals surface area contributed by atoms with Gasteiger partial charge in [-0.2, -0.15) is 0 Å². The average Bonchev–Trinajstić information content (AvgIpc) is 2.19. The van der Waals surface area contributed by atoms with E-state index in [1.54, 1.807) is 0 Å². The number of hydrazine groups is 1. The summed E-state index contributed by atoms with van der Waals surface area (Å²) in [7, 11) is 0. The summed E-state index contributed by atoms with van der Waals surface area (Å²) in [6, 6.07) is 8.01. The van der Waals surface area contributed by atoms with Crippen molar-refractivity contribution in [2.75, 3.05) is 0 Å². The van der Waals surface area contributed by atoms with Gasteiger partial charge in [0.1, 0.15) is 0 Å². The van der Waals surface area contributed by atoms with Gasteiger partial charge in [-0.25, -0.2) is 0 Å². The summed E-state index contributed by atoms with van der Waals surface area (Å²) in [5.41, 5.74) is 5.27. The molecule has 1 aromatic rings. The molecule has 82 valence electrons. The molecule has 0 heterocycles. The van der Waals surface area contributed by atoms with Gasteiger partial charge in [0.05, 0.1) is 0 Å². The zero-order valence-corrected chi connectivity index (χ0v) is 9.88. The normalized spacial score (nSPS) is 12.3. The lowest BCUT2D eigenvalue weighted by atomic mass is 10.0. The molecule has 0 aromatic heterocycles. The van der Waals surface area contributed by atoms with Crippen LogP contribution < -0.4 is 11.3 Å². The third-order valence-electron chi connectivity index (χ3n) is 2.12. The molecule has 3 heteroatoms. The highest BCUT2D eigenvalue weighted by Crippen LogP contribution is 2.11. The fraction of sp³-hybridized carbons (Fsp3) is 0.333. The Morgan fingerprint density at radius 1 is 1.40 bits per heavy atom. The molecule has 0 amide bonds. The van der Waals surface area contributed by atoms with Crippen LogP contribution >= 0.6 is 11.6 Å². The Labute approximate surface area is 96.1 Å². The zero-order chi connectivity index (χ0) is 11.3. The smallest absolute Gasteiger partial charge is 0.0433 e. The molecule has 1 atom stereocenters. The van der Waals surface area contributed by atoms with Crippen molar-refractivity contribution < 1.29 is 0 Å². The lowest BCUT2D eigenvalue weighted by Crippen LogP contribution is -2.35. The van der Waals surface area contributed by atoms with Crippen LogP contribution in [0.3, 0.4) is 0 Å². The number of rotatable bonds is 4. The van der Waals surface area contributed by atoms with Gasteiger partial charge in [-0.3, -0.25) is 11.3 Å². The molecule has 0 aliphatic heterocycles. The Hall–Kier alpha value is -0.830. The van der Waals surface area contributed by atoms with E-state index in [-0.39, 0.29) is 6.04 Å². The summed E-state index contributed by atoms with van der Waals surface area (Å²) >= 11 is 5.81. The lowest BCUT2D eigenvalue weighted by molar-refractivity contribution is 0.614. The van der Waals surface area contributed by atoms with Gasteiger partial charge in [0, 0.05) is 11.1 Å². The molecule has 0 radical (unpaired) electrons. The topological polar surface area (TPSA) is 38.0 Å². The second kappa shape index (κ2) is 5.91. The monoisotopic (exact) mass is 224 g/mol. The van der Waals surface area contributed by atoms with Crippen molar-refractivity contribution >= 4 is 11.6 Å². The highest BCUT2D eigenvalue weighted by atomic mass is 35.5. The van der Waals surface area contributed by atoms with E-state index in [2.05, 4.69) is 25.3 Å². The minimum Gasteiger partial charge on any atom is -0.271 e. The van der Waals surface area contributed by atoms with E-state index in [0.717, 1.165) is 11.4 Å².